The fraction of sp³-hybridized carbons (Fsp3) is 0.350. The van der Waals surface area contributed by atoms with Crippen molar-refractivity contribution in [1.29, 1.82) is 0 Å². The van der Waals surface area contributed by atoms with E-state index in [1.54, 1.807) is 25.3 Å². The van der Waals surface area contributed by atoms with Gasteiger partial charge in [0.15, 0.2) is 11.5 Å². The molecular weight excluding hydrogens is 387 g/mol. The van der Waals surface area contributed by atoms with Crippen molar-refractivity contribution in [2.45, 2.75) is 25.5 Å². The fourth-order valence-corrected chi connectivity index (χ4v) is 3.13. The van der Waals surface area contributed by atoms with Crippen LogP contribution in [0.1, 0.15) is 28.8 Å². The van der Waals surface area contributed by atoms with Crippen molar-refractivity contribution in [2.75, 3.05) is 20.2 Å². The minimum Gasteiger partial charge on any atom is -0.493 e. The summed E-state index contributed by atoms with van der Waals surface area (Å²) in [6.07, 6.45) is 2.07. The predicted octanol–water partition coefficient (Wildman–Crippen LogP) is 3.83. The third-order valence-electron chi connectivity index (χ3n) is 4.40. The Balaban J connectivity index is 0.00000261. The Labute approximate surface area is 170 Å². The van der Waals surface area contributed by atoms with E-state index in [9.17, 15) is 4.79 Å². The second-order valence-corrected chi connectivity index (χ2v) is 6.67. The molecule has 0 spiro atoms. The normalized spacial score (nSPS) is 16.1. The van der Waals surface area contributed by atoms with E-state index in [-0.39, 0.29) is 24.4 Å². The van der Waals surface area contributed by atoms with E-state index in [2.05, 4.69) is 10.6 Å². The zero-order chi connectivity index (χ0) is 18.4. The first-order chi connectivity index (χ1) is 12.7. The largest absolute Gasteiger partial charge is 0.493 e. The van der Waals surface area contributed by atoms with Gasteiger partial charge in [-0.1, -0.05) is 29.8 Å². The number of nitrogens with one attached hydrogen (secondary N) is 2. The fourth-order valence-electron chi connectivity index (χ4n) is 2.94. The zero-order valence-electron chi connectivity index (χ0n) is 15.2. The molecule has 1 aliphatic heterocycles. The number of rotatable bonds is 6. The van der Waals surface area contributed by atoms with Crippen molar-refractivity contribution in [3.05, 3.63) is 58.6 Å². The van der Waals surface area contributed by atoms with E-state index in [1.807, 2.05) is 24.3 Å². The maximum Gasteiger partial charge on any atom is 0.251 e. The number of ether oxygens (including phenoxy) is 2. The van der Waals surface area contributed by atoms with Gasteiger partial charge in [0.05, 0.1) is 7.11 Å². The summed E-state index contributed by atoms with van der Waals surface area (Å²) in [6.45, 7) is 2.15. The standard InChI is InChI=1S/C20H23ClN2O3.ClH/c1-25-19-11-14(20(24)23-16-6-4-10-22-12-16)8-9-18(19)26-13-15-5-2-3-7-17(15)21;/h2-3,5,7-9,11,16,22H,4,6,10,12-13H2,1H3,(H,23,24);1H/t16-;/m0./s1. The molecule has 1 atom stereocenters. The Morgan fingerprint density at radius 1 is 1.26 bits per heavy atom. The lowest BCUT2D eigenvalue weighted by Crippen LogP contribution is -2.45. The summed E-state index contributed by atoms with van der Waals surface area (Å²) in [5, 5.41) is 7.00. The first-order valence-electron chi connectivity index (χ1n) is 8.73. The van der Waals surface area contributed by atoms with Gasteiger partial charge < -0.3 is 20.1 Å². The van der Waals surface area contributed by atoms with E-state index in [0.717, 1.165) is 31.5 Å². The van der Waals surface area contributed by atoms with Gasteiger partial charge in [-0.15, -0.1) is 12.4 Å². The van der Waals surface area contributed by atoms with Crippen LogP contribution in [-0.2, 0) is 6.61 Å². The number of benzene rings is 2. The molecule has 2 N–H and O–H groups in total. The average molecular weight is 411 g/mol. The highest BCUT2D eigenvalue weighted by Gasteiger charge is 2.17. The molecule has 27 heavy (non-hydrogen) atoms. The van der Waals surface area contributed by atoms with Gasteiger partial charge in [-0.25, -0.2) is 0 Å². The van der Waals surface area contributed by atoms with Crippen LogP contribution in [0.15, 0.2) is 42.5 Å². The smallest absolute Gasteiger partial charge is 0.251 e. The average Bonchev–Trinajstić information content (AvgIpc) is 2.68. The van der Waals surface area contributed by atoms with Crippen LogP contribution in [0.3, 0.4) is 0 Å². The van der Waals surface area contributed by atoms with E-state index >= 15 is 0 Å². The maximum atomic E-state index is 12.5. The van der Waals surface area contributed by atoms with E-state index in [0.29, 0.717) is 28.7 Å². The number of hydrogen-bond donors (Lipinski definition) is 2. The Morgan fingerprint density at radius 3 is 2.78 bits per heavy atom. The summed E-state index contributed by atoms with van der Waals surface area (Å²) >= 11 is 6.15. The monoisotopic (exact) mass is 410 g/mol. The molecule has 1 heterocycles. The van der Waals surface area contributed by atoms with Crippen LogP contribution in [0.4, 0.5) is 0 Å². The molecule has 2 aromatic rings. The first-order valence-corrected chi connectivity index (χ1v) is 9.11. The van der Waals surface area contributed by atoms with Crippen molar-refractivity contribution in [3.8, 4) is 11.5 Å². The van der Waals surface area contributed by atoms with Crippen molar-refractivity contribution in [2.24, 2.45) is 0 Å². The number of methoxy groups -OCH3 is 1. The van der Waals surface area contributed by atoms with Gasteiger partial charge in [0.2, 0.25) is 0 Å². The van der Waals surface area contributed by atoms with Crippen molar-refractivity contribution < 1.29 is 14.3 Å². The van der Waals surface area contributed by atoms with E-state index < -0.39 is 0 Å². The summed E-state index contributed by atoms with van der Waals surface area (Å²) in [5.74, 6) is 0.990. The van der Waals surface area contributed by atoms with Crippen LogP contribution >= 0.6 is 24.0 Å². The van der Waals surface area contributed by atoms with Gasteiger partial charge in [0, 0.05) is 28.7 Å². The molecule has 2 aromatic carbocycles. The molecule has 0 radical (unpaired) electrons. The molecule has 146 valence electrons. The van der Waals surface area contributed by atoms with Crippen LogP contribution < -0.4 is 20.1 Å². The molecule has 0 saturated carbocycles. The molecule has 1 fully saturated rings. The lowest BCUT2D eigenvalue weighted by atomic mass is 10.1. The summed E-state index contributed by atoms with van der Waals surface area (Å²) in [6, 6.07) is 12.9. The van der Waals surface area contributed by atoms with Crippen LogP contribution in [0.25, 0.3) is 0 Å². The molecule has 0 unspecified atom stereocenters. The van der Waals surface area contributed by atoms with Gasteiger partial charge in [-0.2, -0.15) is 0 Å². The van der Waals surface area contributed by atoms with Gasteiger partial charge in [-0.05, 0) is 43.7 Å². The SMILES string of the molecule is COc1cc(C(=O)N[C@H]2CCCNC2)ccc1OCc1ccccc1Cl.Cl. The summed E-state index contributed by atoms with van der Waals surface area (Å²) in [7, 11) is 1.56. The zero-order valence-corrected chi connectivity index (χ0v) is 16.7. The maximum absolute atomic E-state index is 12.5. The molecule has 3 rings (SSSR count). The second kappa shape index (κ2) is 10.4. The molecule has 1 aliphatic rings. The molecule has 1 amide bonds. The van der Waals surface area contributed by atoms with Crippen molar-refractivity contribution in [3.63, 3.8) is 0 Å². The highest BCUT2D eigenvalue weighted by molar-refractivity contribution is 6.31. The number of amides is 1. The van der Waals surface area contributed by atoms with Gasteiger partial charge >= 0.3 is 0 Å². The topological polar surface area (TPSA) is 59.6 Å². The minimum atomic E-state index is -0.102. The third kappa shape index (κ3) is 5.76. The van der Waals surface area contributed by atoms with Gasteiger partial charge in [-0.3, -0.25) is 4.79 Å². The Morgan fingerprint density at radius 2 is 2.07 bits per heavy atom. The summed E-state index contributed by atoms with van der Waals surface area (Å²) in [4.78, 5) is 12.5. The van der Waals surface area contributed by atoms with Gasteiger partial charge in [0.1, 0.15) is 6.61 Å². The lowest BCUT2D eigenvalue weighted by Gasteiger charge is -2.24. The molecule has 7 heteroatoms. The van der Waals surface area contributed by atoms with Crippen LogP contribution in [0, 0.1) is 0 Å². The van der Waals surface area contributed by atoms with Crippen LogP contribution in [0.5, 0.6) is 11.5 Å². The van der Waals surface area contributed by atoms with Crippen molar-refractivity contribution >= 4 is 29.9 Å². The number of halogens is 2. The molecule has 1 saturated heterocycles. The Kier molecular flexibility index (Phi) is 8.23. The molecule has 0 aliphatic carbocycles. The van der Waals surface area contributed by atoms with Gasteiger partial charge in [0.25, 0.3) is 5.91 Å². The molecule has 0 aromatic heterocycles. The second-order valence-electron chi connectivity index (χ2n) is 6.26. The van der Waals surface area contributed by atoms with Crippen molar-refractivity contribution in [1.82, 2.24) is 10.6 Å². The summed E-state index contributed by atoms with van der Waals surface area (Å²) < 4.78 is 11.2. The number of piperidine rings is 1. The number of carbonyl (C=O) groups excluding carboxylic acids is 1. The molecular formula is C20H24Cl2N2O3. The molecule has 0 bridgehead atoms. The highest BCUT2D eigenvalue weighted by atomic mass is 35.5. The quantitative estimate of drug-likeness (QED) is 0.759. The Hall–Kier alpha value is -1.95. The minimum absolute atomic E-state index is 0. The van der Waals surface area contributed by atoms with Crippen LogP contribution in [-0.4, -0.2) is 32.1 Å². The molecule has 5 nitrogen and oxygen atoms in total. The number of carbonyl (C=O) groups is 1. The third-order valence-corrected chi connectivity index (χ3v) is 4.77. The Bertz CT molecular complexity index is 765. The summed E-state index contributed by atoms with van der Waals surface area (Å²) in [5.41, 5.74) is 1.44. The van der Waals surface area contributed by atoms with E-state index in [4.69, 9.17) is 21.1 Å². The first kappa shape index (κ1) is 21.4. The number of hydrogen-bond acceptors (Lipinski definition) is 4. The van der Waals surface area contributed by atoms with E-state index in [1.165, 1.54) is 0 Å². The highest BCUT2D eigenvalue weighted by Crippen LogP contribution is 2.29. The lowest BCUT2D eigenvalue weighted by molar-refractivity contribution is 0.0930. The predicted molar refractivity (Wildman–Crippen MR) is 109 cm³/mol. The van der Waals surface area contributed by atoms with Crippen LogP contribution in [0.2, 0.25) is 5.02 Å².